The molecule has 0 radical (unpaired) electrons. The summed E-state index contributed by atoms with van der Waals surface area (Å²) in [7, 11) is 0. The zero-order chi connectivity index (χ0) is 26.7. The van der Waals surface area contributed by atoms with E-state index in [0.29, 0.717) is 18.7 Å². The Morgan fingerprint density at radius 3 is 2.39 bits per heavy atom. The molecular formula is C32H33BrN2O3. The van der Waals surface area contributed by atoms with Crippen LogP contribution in [0.1, 0.15) is 30.9 Å². The molecule has 4 aromatic carbocycles. The van der Waals surface area contributed by atoms with E-state index < -0.39 is 6.04 Å². The van der Waals surface area contributed by atoms with E-state index in [-0.39, 0.29) is 25.0 Å². The number of benzene rings is 4. The number of nitrogens with one attached hydrogen (secondary N) is 1. The molecule has 0 saturated carbocycles. The van der Waals surface area contributed by atoms with Crippen LogP contribution in [-0.2, 0) is 22.6 Å². The van der Waals surface area contributed by atoms with Gasteiger partial charge in [-0.3, -0.25) is 9.59 Å². The Morgan fingerprint density at radius 2 is 1.61 bits per heavy atom. The summed E-state index contributed by atoms with van der Waals surface area (Å²) in [6.45, 7) is 2.78. The van der Waals surface area contributed by atoms with Gasteiger partial charge >= 0.3 is 0 Å². The lowest BCUT2D eigenvalue weighted by Crippen LogP contribution is -2.51. The van der Waals surface area contributed by atoms with E-state index >= 15 is 0 Å². The predicted molar refractivity (Wildman–Crippen MR) is 156 cm³/mol. The Morgan fingerprint density at radius 1 is 0.895 bits per heavy atom. The third kappa shape index (κ3) is 7.45. The molecule has 196 valence electrons. The normalized spacial score (nSPS) is 11.6. The zero-order valence-electron chi connectivity index (χ0n) is 21.6. The lowest BCUT2D eigenvalue weighted by atomic mass is 10.0. The number of amides is 2. The van der Waals surface area contributed by atoms with Crippen molar-refractivity contribution in [3.63, 3.8) is 0 Å². The van der Waals surface area contributed by atoms with Crippen LogP contribution in [-0.4, -0.2) is 35.9 Å². The highest BCUT2D eigenvalue weighted by atomic mass is 79.9. The summed E-state index contributed by atoms with van der Waals surface area (Å²) in [4.78, 5) is 29.0. The topological polar surface area (TPSA) is 58.6 Å². The number of halogens is 1. The average molecular weight is 574 g/mol. The van der Waals surface area contributed by atoms with E-state index in [2.05, 4.69) is 28.2 Å². The first-order valence-corrected chi connectivity index (χ1v) is 13.8. The molecule has 4 aromatic rings. The van der Waals surface area contributed by atoms with Crippen molar-refractivity contribution >= 4 is 38.5 Å². The van der Waals surface area contributed by atoms with Crippen molar-refractivity contribution in [1.82, 2.24) is 10.2 Å². The SMILES string of the molecule is CCCCNC(=O)[C@H](Cc1ccccc1)N(Cc1cccc(Br)c1)C(=O)COc1cccc2ccccc12. The number of unbranched alkanes of at least 4 members (excludes halogenated alkanes) is 1. The van der Waals surface area contributed by atoms with E-state index in [1.54, 1.807) is 4.90 Å². The Labute approximate surface area is 232 Å². The maximum Gasteiger partial charge on any atom is 0.261 e. The van der Waals surface area contributed by atoms with Gasteiger partial charge in [-0.2, -0.15) is 0 Å². The number of carbonyl (C=O) groups excluding carboxylic acids is 2. The first-order valence-electron chi connectivity index (χ1n) is 13.0. The van der Waals surface area contributed by atoms with E-state index in [9.17, 15) is 9.59 Å². The van der Waals surface area contributed by atoms with Crippen molar-refractivity contribution < 1.29 is 14.3 Å². The highest BCUT2D eigenvalue weighted by Crippen LogP contribution is 2.25. The number of ether oxygens (including phenoxy) is 1. The first-order chi connectivity index (χ1) is 18.5. The number of nitrogens with zero attached hydrogens (tertiary/aromatic N) is 1. The lowest BCUT2D eigenvalue weighted by Gasteiger charge is -2.31. The molecule has 0 aliphatic heterocycles. The third-order valence-corrected chi connectivity index (χ3v) is 6.94. The van der Waals surface area contributed by atoms with Crippen LogP contribution in [0.5, 0.6) is 5.75 Å². The van der Waals surface area contributed by atoms with Crippen molar-refractivity contribution in [3.8, 4) is 5.75 Å². The molecule has 0 unspecified atom stereocenters. The summed E-state index contributed by atoms with van der Waals surface area (Å²) in [6.07, 6.45) is 2.27. The van der Waals surface area contributed by atoms with Gasteiger partial charge in [0, 0.05) is 29.4 Å². The van der Waals surface area contributed by atoms with Crippen LogP contribution in [0.15, 0.2) is 102 Å². The fourth-order valence-corrected chi connectivity index (χ4v) is 4.88. The Balaban J connectivity index is 1.63. The molecule has 0 aliphatic rings. The van der Waals surface area contributed by atoms with Crippen LogP contribution < -0.4 is 10.1 Å². The smallest absolute Gasteiger partial charge is 0.261 e. The predicted octanol–water partition coefficient (Wildman–Crippen LogP) is 6.54. The standard InChI is InChI=1S/C32H33BrN2O3/c1-2-3-19-34-32(37)29(21-24-11-5-4-6-12-24)35(22-25-13-9-16-27(33)20-25)31(36)23-38-30-18-10-15-26-14-7-8-17-28(26)30/h4-18,20,29H,2-3,19,21-23H2,1H3,(H,34,37)/t29-/m0/s1. The maximum atomic E-state index is 13.8. The molecule has 1 atom stereocenters. The van der Waals surface area contributed by atoms with Gasteiger partial charge in [0.2, 0.25) is 5.91 Å². The van der Waals surface area contributed by atoms with Crippen LogP contribution in [0.25, 0.3) is 10.8 Å². The molecule has 0 spiro atoms. The summed E-state index contributed by atoms with van der Waals surface area (Å²) in [6, 6.07) is 30.7. The lowest BCUT2D eigenvalue weighted by molar-refractivity contribution is -0.142. The molecular weight excluding hydrogens is 540 g/mol. The molecule has 2 amide bonds. The Kier molecular flexibility index (Phi) is 9.93. The molecule has 0 aliphatic carbocycles. The third-order valence-electron chi connectivity index (χ3n) is 6.44. The Bertz CT molecular complexity index is 1350. The van der Waals surface area contributed by atoms with Crippen LogP contribution in [0.2, 0.25) is 0 Å². The van der Waals surface area contributed by atoms with Gasteiger partial charge < -0.3 is 15.0 Å². The molecule has 0 heterocycles. The van der Waals surface area contributed by atoms with Crippen molar-refractivity contribution in [3.05, 3.63) is 113 Å². The number of carbonyl (C=O) groups is 2. The number of hydrogen-bond donors (Lipinski definition) is 1. The molecule has 0 saturated heterocycles. The van der Waals surface area contributed by atoms with E-state index in [4.69, 9.17) is 4.74 Å². The minimum atomic E-state index is -0.683. The zero-order valence-corrected chi connectivity index (χ0v) is 23.2. The molecule has 0 aromatic heterocycles. The Hall–Kier alpha value is -3.64. The first kappa shape index (κ1) is 27.4. The van der Waals surface area contributed by atoms with Gasteiger partial charge in [0.05, 0.1) is 0 Å². The minimum Gasteiger partial charge on any atom is -0.483 e. The van der Waals surface area contributed by atoms with Crippen LogP contribution >= 0.6 is 15.9 Å². The average Bonchev–Trinajstić information content (AvgIpc) is 2.94. The van der Waals surface area contributed by atoms with Crippen molar-refractivity contribution in [2.24, 2.45) is 0 Å². The van der Waals surface area contributed by atoms with E-state index in [1.807, 2.05) is 97.1 Å². The van der Waals surface area contributed by atoms with Crippen LogP contribution in [0.3, 0.4) is 0 Å². The van der Waals surface area contributed by atoms with Gasteiger partial charge in [-0.1, -0.05) is 108 Å². The molecule has 4 rings (SSSR count). The van der Waals surface area contributed by atoms with Gasteiger partial charge in [-0.05, 0) is 41.1 Å². The van der Waals surface area contributed by atoms with Gasteiger partial charge in [-0.25, -0.2) is 0 Å². The molecule has 0 fully saturated rings. The maximum absolute atomic E-state index is 13.8. The highest BCUT2D eigenvalue weighted by Gasteiger charge is 2.30. The van der Waals surface area contributed by atoms with E-state index in [1.165, 1.54) is 0 Å². The fourth-order valence-electron chi connectivity index (χ4n) is 4.44. The summed E-state index contributed by atoms with van der Waals surface area (Å²) in [5.74, 6) is 0.242. The number of hydrogen-bond acceptors (Lipinski definition) is 3. The number of rotatable bonds is 12. The second-order valence-electron chi connectivity index (χ2n) is 9.27. The molecule has 5 nitrogen and oxygen atoms in total. The van der Waals surface area contributed by atoms with Crippen LogP contribution in [0.4, 0.5) is 0 Å². The largest absolute Gasteiger partial charge is 0.483 e. The van der Waals surface area contributed by atoms with Gasteiger partial charge in [0.15, 0.2) is 6.61 Å². The summed E-state index contributed by atoms with van der Waals surface area (Å²) >= 11 is 3.53. The molecule has 0 bridgehead atoms. The summed E-state index contributed by atoms with van der Waals surface area (Å²) < 4.78 is 6.99. The van der Waals surface area contributed by atoms with E-state index in [0.717, 1.165) is 39.2 Å². The van der Waals surface area contributed by atoms with Gasteiger partial charge in [0.25, 0.3) is 5.91 Å². The monoisotopic (exact) mass is 572 g/mol. The fraction of sp³-hybridized carbons (Fsp3) is 0.250. The quantitative estimate of drug-likeness (QED) is 0.196. The van der Waals surface area contributed by atoms with Crippen LogP contribution in [0, 0.1) is 0 Å². The number of fused-ring (bicyclic) bond motifs is 1. The van der Waals surface area contributed by atoms with Gasteiger partial charge in [-0.15, -0.1) is 0 Å². The van der Waals surface area contributed by atoms with Crippen molar-refractivity contribution in [2.75, 3.05) is 13.2 Å². The summed E-state index contributed by atoms with van der Waals surface area (Å²) in [5, 5.41) is 5.04. The van der Waals surface area contributed by atoms with Gasteiger partial charge in [0.1, 0.15) is 11.8 Å². The second kappa shape index (κ2) is 13.8. The molecule has 6 heteroatoms. The van der Waals surface area contributed by atoms with Crippen molar-refractivity contribution in [2.45, 2.75) is 38.8 Å². The molecule has 1 N–H and O–H groups in total. The minimum absolute atomic E-state index is 0.157. The van der Waals surface area contributed by atoms with Crippen molar-refractivity contribution in [1.29, 1.82) is 0 Å². The summed E-state index contributed by atoms with van der Waals surface area (Å²) in [5.41, 5.74) is 1.92. The molecule has 38 heavy (non-hydrogen) atoms. The highest BCUT2D eigenvalue weighted by molar-refractivity contribution is 9.10. The second-order valence-corrected chi connectivity index (χ2v) is 10.2.